The van der Waals surface area contributed by atoms with Gasteiger partial charge in [-0.1, -0.05) is 12.1 Å². The van der Waals surface area contributed by atoms with Crippen molar-refractivity contribution >= 4 is 17.5 Å². The van der Waals surface area contributed by atoms with Crippen molar-refractivity contribution in [3.05, 3.63) is 34.9 Å². The van der Waals surface area contributed by atoms with Crippen LogP contribution in [-0.2, 0) is 12.8 Å². The molecule has 0 unspecified atom stereocenters. The molecule has 3 rings (SSSR count). The Kier molecular flexibility index (Phi) is 3.71. The summed E-state index contributed by atoms with van der Waals surface area (Å²) in [7, 11) is 0. The molecule has 0 amide bonds. The predicted octanol–water partition coefficient (Wildman–Crippen LogP) is 2.41. The first-order valence-electron chi connectivity index (χ1n) is 6.78. The second-order valence-corrected chi connectivity index (χ2v) is 6.37. The summed E-state index contributed by atoms with van der Waals surface area (Å²) in [6.45, 7) is 2.71. The van der Waals surface area contributed by atoms with Crippen LogP contribution < -0.4 is 0 Å². The lowest BCUT2D eigenvalue weighted by Crippen LogP contribution is -2.36. The van der Waals surface area contributed by atoms with E-state index in [1.807, 2.05) is 17.8 Å². The van der Waals surface area contributed by atoms with E-state index < -0.39 is 0 Å². The number of thioether (sulfide) groups is 1. The minimum atomic E-state index is 0.289. The second kappa shape index (κ2) is 5.45. The quantitative estimate of drug-likeness (QED) is 0.779. The molecule has 3 heteroatoms. The first kappa shape index (κ1) is 12.2. The Bertz CT molecular complexity index is 452. The molecule has 0 radical (unpaired) electrons. The monoisotopic (exact) mass is 261 g/mol. The van der Waals surface area contributed by atoms with Crippen LogP contribution in [0.4, 0.5) is 0 Å². The Labute approximate surface area is 113 Å². The number of hydrogen-bond donors (Lipinski definition) is 0. The summed E-state index contributed by atoms with van der Waals surface area (Å²) in [5.74, 6) is 2.62. The SMILES string of the molecule is O=C(CN1CCSCC1)c1ccc2c(c1)CCC2. The van der Waals surface area contributed by atoms with E-state index in [2.05, 4.69) is 17.0 Å². The zero-order chi connectivity index (χ0) is 12.4. The highest BCUT2D eigenvalue weighted by atomic mass is 32.2. The van der Waals surface area contributed by atoms with E-state index in [0.29, 0.717) is 6.54 Å². The highest BCUT2D eigenvalue weighted by molar-refractivity contribution is 7.99. The molecule has 0 bridgehead atoms. The van der Waals surface area contributed by atoms with Crippen LogP contribution in [-0.4, -0.2) is 41.8 Å². The van der Waals surface area contributed by atoms with Crippen molar-refractivity contribution < 1.29 is 4.79 Å². The van der Waals surface area contributed by atoms with Crippen molar-refractivity contribution in [1.29, 1.82) is 0 Å². The Morgan fingerprint density at radius 2 is 1.94 bits per heavy atom. The average molecular weight is 261 g/mol. The summed E-state index contributed by atoms with van der Waals surface area (Å²) in [5.41, 5.74) is 3.75. The van der Waals surface area contributed by atoms with Gasteiger partial charge in [-0.3, -0.25) is 9.69 Å². The fraction of sp³-hybridized carbons (Fsp3) is 0.533. The summed E-state index contributed by atoms with van der Waals surface area (Å²) in [6, 6.07) is 6.30. The molecule has 0 saturated carbocycles. The minimum Gasteiger partial charge on any atom is -0.294 e. The van der Waals surface area contributed by atoms with Gasteiger partial charge in [0.2, 0.25) is 0 Å². The van der Waals surface area contributed by atoms with E-state index in [-0.39, 0.29) is 5.78 Å². The number of nitrogens with zero attached hydrogens (tertiary/aromatic N) is 1. The molecule has 1 aliphatic heterocycles. The molecule has 0 spiro atoms. The molecule has 18 heavy (non-hydrogen) atoms. The van der Waals surface area contributed by atoms with E-state index >= 15 is 0 Å². The molecule has 0 atom stereocenters. The molecule has 96 valence electrons. The summed E-state index contributed by atoms with van der Waals surface area (Å²) in [6.07, 6.45) is 3.58. The van der Waals surface area contributed by atoms with E-state index in [4.69, 9.17) is 0 Å². The molecule has 1 aromatic carbocycles. The number of aryl methyl sites for hydroxylation is 2. The van der Waals surface area contributed by atoms with Crippen molar-refractivity contribution in [2.24, 2.45) is 0 Å². The Morgan fingerprint density at radius 1 is 1.17 bits per heavy atom. The lowest BCUT2D eigenvalue weighted by molar-refractivity contribution is 0.0937. The Hall–Kier alpha value is -0.800. The van der Waals surface area contributed by atoms with E-state index in [1.54, 1.807) is 0 Å². The van der Waals surface area contributed by atoms with Gasteiger partial charge in [0.15, 0.2) is 5.78 Å². The fourth-order valence-electron chi connectivity index (χ4n) is 2.80. The highest BCUT2D eigenvalue weighted by Crippen LogP contribution is 2.23. The summed E-state index contributed by atoms with van der Waals surface area (Å²) in [5, 5.41) is 0. The molecule has 1 aromatic rings. The molecule has 2 aliphatic rings. The van der Waals surface area contributed by atoms with E-state index in [1.165, 1.54) is 24.0 Å². The molecule has 1 aliphatic carbocycles. The van der Waals surface area contributed by atoms with Gasteiger partial charge >= 0.3 is 0 Å². The number of rotatable bonds is 3. The third kappa shape index (κ3) is 2.62. The maximum Gasteiger partial charge on any atom is 0.176 e. The van der Waals surface area contributed by atoms with Crippen LogP contribution in [0.25, 0.3) is 0 Å². The van der Waals surface area contributed by atoms with Gasteiger partial charge in [0, 0.05) is 30.2 Å². The molecule has 2 nitrogen and oxygen atoms in total. The number of Topliss-reactive ketones (excluding diaryl/α,β-unsaturated/α-hetero) is 1. The van der Waals surface area contributed by atoms with Gasteiger partial charge in [0.05, 0.1) is 6.54 Å². The van der Waals surface area contributed by atoms with Crippen LogP contribution in [0.15, 0.2) is 18.2 Å². The third-order valence-electron chi connectivity index (χ3n) is 3.89. The lowest BCUT2D eigenvalue weighted by atomic mass is 10.0. The van der Waals surface area contributed by atoms with Gasteiger partial charge < -0.3 is 0 Å². The fourth-order valence-corrected chi connectivity index (χ4v) is 3.78. The normalized spacial score (nSPS) is 19.8. The van der Waals surface area contributed by atoms with Crippen molar-refractivity contribution in [3.8, 4) is 0 Å². The smallest absolute Gasteiger partial charge is 0.176 e. The predicted molar refractivity (Wildman–Crippen MR) is 76.6 cm³/mol. The molecule has 0 aromatic heterocycles. The number of carbonyl (C=O) groups is 1. The first-order valence-corrected chi connectivity index (χ1v) is 7.93. The van der Waals surface area contributed by atoms with Gasteiger partial charge in [-0.25, -0.2) is 0 Å². The van der Waals surface area contributed by atoms with Gasteiger partial charge in [0.25, 0.3) is 0 Å². The van der Waals surface area contributed by atoms with Crippen LogP contribution in [0.3, 0.4) is 0 Å². The molecular weight excluding hydrogens is 242 g/mol. The Balaban J connectivity index is 1.68. The first-order chi connectivity index (χ1) is 8.83. The standard InChI is InChI=1S/C15H19NOS/c17-15(11-16-6-8-18-9-7-16)14-5-4-12-2-1-3-13(12)10-14/h4-5,10H,1-3,6-9,11H2. The summed E-state index contributed by atoms with van der Waals surface area (Å²) in [4.78, 5) is 14.5. The molecular formula is C15H19NOS. The van der Waals surface area contributed by atoms with Crippen molar-refractivity contribution in [1.82, 2.24) is 4.90 Å². The zero-order valence-electron chi connectivity index (χ0n) is 10.7. The third-order valence-corrected chi connectivity index (χ3v) is 4.83. The van der Waals surface area contributed by atoms with Crippen molar-refractivity contribution in [2.75, 3.05) is 31.1 Å². The number of fused-ring (bicyclic) bond motifs is 1. The highest BCUT2D eigenvalue weighted by Gasteiger charge is 2.17. The van der Waals surface area contributed by atoms with Crippen LogP contribution in [0, 0.1) is 0 Å². The van der Waals surface area contributed by atoms with Crippen LogP contribution in [0.2, 0.25) is 0 Å². The van der Waals surface area contributed by atoms with Crippen molar-refractivity contribution in [3.63, 3.8) is 0 Å². The molecule has 1 heterocycles. The van der Waals surface area contributed by atoms with Gasteiger partial charge in [-0.05, 0) is 36.5 Å². The number of ketones is 1. The summed E-state index contributed by atoms with van der Waals surface area (Å²) < 4.78 is 0. The minimum absolute atomic E-state index is 0.289. The Morgan fingerprint density at radius 3 is 2.78 bits per heavy atom. The molecule has 0 N–H and O–H groups in total. The average Bonchev–Trinajstić information content (AvgIpc) is 2.87. The number of hydrogen-bond acceptors (Lipinski definition) is 3. The number of benzene rings is 1. The zero-order valence-corrected chi connectivity index (χ0v) is 11.5. The topological polar surface area (TPSA) is 20.3 Å². The summed E-state index contributed by atoms with van der Waals surface area (Å²) >= 11 is 1.98. The maximum absolute atomic E-state index is 12.3. The lowest BCUT2D eigenvalue weighted by Gasteiger charge is -2.25. The van der Waals surface area contributed by atoms with E-state index in [0.717, 1.165) is 36.6 Å². The van der Waals surface area contributed by atoms with E-state index in [9.17, 15) is 4.79 Å². The van der Waals surface area contributed by atoms with Crippen LogP contribution in [0.5, 0.6) is 0 Å². The molecule has 1 saturated heterocycles. The molecule has 1 fully saturated rings. The maximum atomic E-state index is 12.3. The van der Waals surface area contributed by atoms with Gasteiger partial charge in [-0.15, -0.1) is 0 Å². The van der Waals surface area contributed by atoms with Crippen LogP contribution in [0.1, 0.15) is 27.9 Å². The number of carbonyl (C=O) groups excluding carboxylic acids is 1. The van der Waals surface area contributed by atoms with Gasteiger partial charge in [-0.2, -0.15) is 11.8 Å². The second-order valence-electron chi connectivity index (χ2n) is 5.15. The van der Waals surface area contributed by atoms with Gasteiger partial charge in [0.1, 0.15) is 0 Å². The largest absolute Gasteiger partial charge is 0.294 e. The van der Waals surface area contributed by atoms with Crippen molar-refractivity contribution in [2.45, 2.75) is 19.3 Å². The van der Waals surface area contributed by atoms with Crippen LogP contribution >= 0.6 is 11.8 Å².